The molecule has 1 aliphatic heterocycles. The highest BCUT2D eigenvalue weighted by molar-refractivity contribution is 5.94. The van der Waals surface area contributed by atoms with Crippen LogP contribution in [0.5, 0.6) is 0 Å². The van der Waals surface area contributed by atoms with Gasteiger partial charge in [-0.05, 0) is 44.5 Å². The van der Waals surface area contributed by atoms with Gasteiger partial charge >= 0.3 is 5.97 Å². The second-order valence-corrected chi connectivity index (χ2v) is 4.85. The second-order valence-electron chi connectivity index (χ2n) is 4.85. The Hall–Kier alpha value is -1.59. The van der Waals surface area contributed by atoms with Crippen molar-refractivity contribution in [1.82, 2.24) is 5.32 Å². The van der Waals surface area contributed by atoms with Crippen molar-refractivity contribution in [3.8, 4) is 0 Å². The molecule has 5 nitrogen and oxygen atoms in total. The second kappa shape index (κ2) is 8.64. The first kappa shape index (κ1) is 17.5. The van der Waals surface area contributed by atoms with Gasteiger partial charge in [-0.1, -0.05) is 6.07 Å². The zero-order chi connectivity index (χ0) is 14.4. The van der Waals surface area contributed by atoms with E-state index < -0.39 is 0 Å². The third-order valence-electron chi connectivity index (χ3n) is 3.25. The molecule has 1 aromatic carbocycles. The largest absolute Gasteiger partial charge is 0.462 e. The number of esters is 1. The van der Waals surface area contributed by atoms with Crippen molar-refractivity contribution in [3.63, 3.8) is 0 Å². The van der Waals surface area contributed by atoms with E-state index in [0.717, 1.165) is 19.4 Å². The van der Waals surface area contributed by atoms with E-state index in [4.69, 9.17) is 4.74 Å². The molecule has 21 heavy (non-hydrogen) atoms. The van der Waals surface area contributed by atoms with Crippen LogP contribution in [0, 0.1) is 0 Å². The van der Waals surface area contributed by atoms with E-state index in [0.29, 0.717) is 24.3 Å². The summed E-state index contributed by atoms with van der Waals surface area (Å²) < 4.78 is 4.93. The molecule has 2 rings (SSSR count). The molecular weight excluding hydrogens is 292 g/mol. The number of rotatable bonds is 5. The Bertz CT molecular complexity index is 488. The lowest BCUT2D eigenvalue weighted by molar-refractivity contribution is -0.116. The summed E-state index contributed by atoms with van der Waals surface area (Å²) in [7, 11) is 0. The SMILES string of the molecule is CCOC(=O)c1cccc(NC(=O)CC2CCCN2)c1.Cl. The van der Waals surface area contributed by atoms with E-state index in [9.17, 15) is 9.59 Å². The number of hydrogen-bond acceptors (Lipinski definition) is 4. The summed E-state index contributed by atoms with van der Waals surface area (Å²) in [6, 6.07) is 7.07. The van der Waals surface area contributed by atoms with Crippen molar-refractivity contribution in [3.05, 3.63) is 29.8 Å². The number of benzene rings is 1. The first-order valence-corrected chi connectivity index (χ1v) is 6.99. The van der Waals surface area contributed by atoms with Gasteiger partial charge in [-0.25, -0.2) is 4.79 Å². The molecule has 1 aromatic rings. The molecule has 0 saturated carbocycles. The van der Waals surface area contributed by atoms with Gasteiger partial charge in [0.1, 0.15) is 0 Å². The molecule has 2 N–H and O–H groups in total. The molecule has 1 fully saturated rings. The van der Waals surface area contributed by atoms with Crippen LogP contribution in [0.1, 0.15) is 36.5 Å². The fourth-order valence-electron chi connectivity index (χ4n) is 2.31. The number of ether oxygens (including phenoxy) is 1. The molecule has 0 aromatic heterocycles. The van der Waals surface area contributed by atoms with Gasteiger partial charge in [-0.3, -0.25) is 4.79 Å². The molecule has 1 unspecified atom stereocenters. The lowest BCUT2D eigenvalue weighted by Gasteiger charge is -2.11. The Morgan fingerprint density at radius 3 is 2.90 bits per heavy atom. The Kier molecular flexibility index (Phi) is 7.19. The summed E-state index contributed by atoms with van der Waals surface area (Å²) in [5.74, 6) is -0.411. The minimum absolute atomic E-state index is 0. The molecule has 0 bridgehead atoms. The van der Waals surface area contributed by atoms with Crippen molar-refractivity contribution < 1.29 is 14.3 Å². The molecule has 6 heteroatoms. The van der Waals surface area contributed by atoms with Gasteiger partial charge < -0.3 is 15.4 Å². The van der Waals surface area contributed by atoms with E-state index in [1.54, 1.807) is 31.2 Å². The van der Waals surface area contributed by atoms with E-state index in [-0.39, 0.29) is 30.3 Å². The van der Waals surface area contributed by atoms with E-state index in [2.05, 4.69) is 10.6 Å². The monoisotopic (exact) mass is 312 g/mol. The van der Waals surface area contributed by atoms with Crippen molar-refractivity contribution >= 4 is 30.0 Å². The lowest BCUT2D eigenvalue weighted by atomic mass is 10.1. The van der Waals surface area contributed by atoms with E-state index in [1.165, 1.54) is 0 Å². The van der Waals surface area contributed by atoms with Crippen LogP contribution < -0.4 is 10.6 Å². The maximum absolute atomic E-state index is 11.9. The van der Waals surface area contributed by atoms with Gasteiger partial charge in [0.15, 0.2) is 0 Å². The number of anilines is 1. The lowest BCUT2D eigenvalue weighted by Crippen LogP contribution is -2.27. The molecular formula is C15H21ClN2O3. The zero-order valence-electron chi connectivity index (χ0n) is 12.1. The van der Waals surface area contributed by atoms with Crippen molar-refractivity contribution in [2.24, 2.45) is 0 Å². The molecule has 116 valence electrons. The van der Waals surface area contributed by atoms with Crippen LogP contribution in [0.15, 0.2) is 24.3 Å². The zero-order valence-corrected chi connectivity index (χ0v) is 12.9. The number of hydrogen-bond donors (Lipinski definition) is 2. The summed E-state index contributed by atoms with van der Waals surface area (Å²) in [5.41, 5.74) is 1.07. The average molecular weight is 313 g/mol. The highest BCUT2D eigenvalue weighted by Gasteiger charge is 2.17. The number of amides is 1. The Morgan fingerprint density at radius 1 is 1.43 bits per heavy atom. The maximum Gasteiger partial charge on any atom is 0.338 e. The van der Waals surface area contributed by atoms with Crippen LogP contribution in [-0.2, 0) is 9.53 Å². The molecule has 0 spiro atoms. The fourth-order valence-corrected chi connectivity index (χ4v) is 2.31. The molecule has 1 amide bonds. The van der Waals surface area contributed by atoms with Crippen LogP contribution in [0.3, 0.4) is 0 Å². The summed E-state index contributed by atoms with van der Waals surface area (Å²) >= 11 is 0. The van der Waals surface area contributed by atoms with E-state index in [1.807, 2.05) is 0 Å². The standard InChI is InChI=1S/C15H20N2O3.ClH/c1-2-20-15(19)11-5-3-6-13(9-11)17-14(18)10-12-7-4-8-16-12;/h3,5-6,9,12,16H,2,4,7-8,10H2,1H3,(H,17,18);1H. The molecule has 1 saturated heterocycles. The van der Waals surface area contributed by atoms with Crippen LogP contribution in [0.25, 0.3) is 0 Å². The smallest absolute Gasteiger partial charge is 0.338 e. The molecule has 0 aliphatic carbocycles. The summed E-state index contributed by atoms with van der Waals surface area (Å²) in [4.78, 5) is 23.5. The summed E-state index contributed by atoms with van der Waals surface area (Å²) in [6.07, 6.45) is 2.62. The van der Waals surface area contributed by atoms with Gasteiger partial charge in [0.05, 0.1) is 12.2 Å². The van der Waals surface area contributed by atoms with Crippen LogP contribution in [0.2, 0.25) is 0 Å². The predicted molar refractivity (Wildman–Crippen MR) is 83.9 cm³/mol. The Balaban J connectivity index is 0.00000220. The fraction of sp³-hybridized carbons (Fsp3) is 0.467. The maximum atomic E-state index is 11.9. The average Bonchev–Trinajstić information content (AvgIpc) is 2.92. The number of nitrogens with one attached hydrogen (secondary N) is 2. The van der Waals surface area contributed by atoms with Gasteiger partial charge in [0.25, 0.3) is 0 Å². The number of halogens is 1. The minimum atomic E-state index is -0.374. The molecule has 1 heterocycles. The van der Waals surface area contributed by atoms with Crippen LogP contribution in [-0.4, -0.2) is 31.1 Å². The molecule has 0 radical (unpaired) electrons. The predicted octanol–water partition coefficient (Wildman–Crippen LogP) is 2.37. The summed E-state index contributed by atoms with van der Waals surface area (Å²) in [5, 5.41) is 6.10. The number of carbonyl (C=O) groups excluding carboxylic acids is 2. The van der Waals surface area contributed by atoms with Crippen LogP contribution in [0.4, 0.5) is 5.69 Å². The first-order valence-electron chi connectivity index (χ1n) is 6.99. The van der Waals surface area contributed by atoms with Crippen molar-refractivity contribution in [2.45, 2.75) is 32.2 Å². The Morgan fingerprint density at radius 2 is 2.24 bits per heavy atom. The first-order chi connectivity index (χ1) is 9.69. The highest BCUT2D eigenvalue weighted by atomic mass is 35.5. The van der Waals surface area contributed by atoms with Gasteiger partial charge in [-0.15, -0.1) is 12.4 Å². The molecule has 1 aliphatic rings. The topological polar surface area (TPSA) is 67.4 Å². The van der Waals surface area contributed by atoms with E-state index >= 15 is 0 Å². The normalized spacial score (nSPS) is 16.9. The minimum Gasteiger partial charge on any atom is -0.462 e. The van der Waals surface area contributed by atoms with Crippen molar-refractivity contribution in [1.29, 1.82) is 0 Å². The molecule has 1 atom stereocenters. The summed E-state index contributed by atoms with van der Waals surface area (Å²) in [6.45, 7) is 3.08. The third-order valence-corrected chi connectivity index (χ3v) is 3.25. The number of carbonyl (C=O) groups is 2. The van der Waals surface area contributed by atoms with Crippen LogP contribution >= 0.6 is 12.4 Å². The Labute approximate surface area is 130 Å². The highest BCUT2D eigenvalue weighted by Crippen LogP contribution is 2.14. The third kappa shape index (κ3) is 5.36. The van der Waals surface area contributed by atoms with Gasteiger partial charge in [0, 0.05) is 18.2 Å². The van der Waals surface area contributed by atoms with Gasteiger partial charge in [0.2, 0.25) is 5.91 Å². The van der Waals surface area contributed by atoms with Crippen molar-refractivity contribution in [2.75, 3.05) is 18.5 Å². The van der Waals surface area contributed by atoms with Gasteiger partial charge in [-0.2, -0.15) is 0 Å². The quantitative estimate of drug-likeness (QED) is 0.819.